The van der Waals surface area contributed by atoms with Gasteiger partial charge in [-0.1, -0.05) is 47.7 Å². The van der Waals surface area contributed by atoms with Crippen LogP contribution in [-0.2, 0) is 28.4 Å². The normalized spacial score (nSPS) is 18.4. The van der Waals surface area contributed by atoms with Gasteiger partial charge in [-0.3, -0.25) is 4.79 Å². The lowest BCUT2D eigenvalue weighted by atomic mass is 9.88. The zero-order valence-corrected chi connectivity index (χ0v) is 18.3. The van der Waals surface area contributed by atoms with Gasteiger partial charge < -0.3 is 14.6 Å². The monoisotopic (exact) mass is 414 g/mol. The van der Waals surface area contributed by atoms with Gasteiger partial charge in [-0.2, -0.15) is 0 Å². The molecule has 1 amide bonds. The zero-order valence-electron chi connectivity index (χ0n) is 17.5. The Balaban J connectivity index is 1.62. The molecule has 156 valence electrons. The number of carbonyl (C=O) groups is 1. The summed E-state index contributed by atoms with van der Waals surface area (Å²) < 4.78 is 7.73. The number of thioether (sulfide) groups is 1. The van der Waals surface area contributed by atoms with Crippen LogP contribution in [-0.4, -0.2) is 32.9 Å². The van der Waals surface area contributed by atoms with Crippen LogP contribution in [0.25, 0.3) is 0 Å². The first-order valence-electron chi connectivity index (χ1n) is 10.0. The number of nitrogens with one attached hydrogen (secondary N) is 1. The molecular weight excluding hydrogens is 384 g/mol. The van der Waals surface area contributed by atoms with Gasteiger partial charge in [-0.05, 0) is 39.2 Å². The molecule has 6 nitrogen and oxygen atoms in total. The maximum Gasteiger partial charge on any atom is 0.223 e. The molecule has 1 saturated heterocycles. The largest absolute Gasteiger partial charge is 0.376 e. The third kappa shape index (κ3) is 5.93. The molecule has 3 rings (SSSR count). The Morgan fingerprint density at radius 3 is 3.00 bits per heavy atom. The topological polar surface area (TPSA) is 69.0 Å². The summed E-state index contributed by atoms with van der Waals surface area (Å²) in [7, 11) is 0. The first-order valence-corrected chi connectivity index (χ1v) is 11.0. The van der Waals surface area contributed by atoms with E-state index in [1.807, 2.05) is 24.5 Å². The van der Waals surface area contributed by atoms with E-state index >= 15 is 0 Å². The number of rotatable bonds is 8. The van der Waals surface area contributed by atoms with Crippen LogP contribution in [0.1, 0.15) is 43.6 Å². The van der Waals surface area contributed by atoms with Gasteiger partial charge in [0.15, 0.2) is 11.0 Å². The standard InChI is InChI=1S/C22H30N4O2S/c1-5-10-26-19(14-23-20(27)18-9-11-28-22(3,4)13-18)24-25-21(26)29-15-17-8-6-7-16(2)12-17/h5-8,12,18H,1,9-11,13-15H2,2-4H3,(H,23,27)/t18-/m0/s1. The van der Waals surface area contributed by atoms with E-state index in [4.69, 9.17) is 4.74 Å². The van der Waals surface area contributed by atoms with E-state index in [9.17, 15) is 4.79 Å². The first-order chi connectivity index (χ1) is 13.9. The minimum absolute atomic E-state index is 0.0234. The molecule has 1 aromatic carbocycles. The highest BCUT2D eigenvalue weighted by molar-refractivity contribution is 7.98. The predicted molar refractivity (Wildman–Crippen MR) is 116 cm³/mol. The van der Waals surface area contributed by atoms with Crippen LogP contribution in [0.5, 0.6) is 0 Å². The van der Waals surface area contributed by atoms with Crippen molar-refractivity contribution in [3.05, 3.63) is 53.9 Å². The molecule has 0 bridgehead atoms. The summed E-state index contributed by atoms with van der Waals surface area (Å²) in [6, 6.07) is 8.45. The van der Waals surface area contributed by atoms with Gasteiger partial charge in [0.2, 0.25) is 5.91 Å². The second-order valence-electron chi connectivity index (χ2n) is 8.09. The highest BCUT2D eigenvalue weighted by Gasteiger charge is 2.32. The molecule has 0 saturated carbocycles. The molecule has 2 aromatic rings. The average molecular weight is 415 g/mol. The van der Waals surface area contributed by atoms with Crippen LogP contribution in [0, 0.1) is 12.8 Å². The molecule has 7 heteroatoms. The number of benzene rings is 1. The fourth-order valence-electron chi connectivity index (χ4n) is 3.58. The maximum absolute atomic E-state index is 12.6. The lowest BCUT2D eigenvalue weighted by molar-refractivity contribution is -0.135. The molecule has 29 heavy (non-hydrogen) atoms. The summed E-state index contributed by atoms with van der Waals surface area (Å²) in [4.78, 5) is 12.6. The number of carbonyl (C=O) groups excluding carboxylic acids is 1. The van der Waals surface area contributed by atoms with Crippen molar-refractivity contribution >= 4 is 17.7 Å². The third-order valence-corrected chi connectivity index (χ3v) is 6.08. The van der Waals surface area contributed by atoms with E-state index < -0.39 is 0 Å². The Morgan fingerprint density at radius 2 is 2.28 bits per heavy atom. The predicted octanol–water partition coefficient (Wildman–Crippen LogP) is 3.89. The second kappa shape index (κ2) is 9.59. The van der Waals surface area contributed by atoms with Crippen LogP contribution >= 0.6 is 11.8 Å². The van der Waals surface area contributed by atoms with Gasteiger partial charge >= 0.3 is 0 Å². The van der Waals surface area contributed by atoms with Gasteiger partial charge in [-0.15, -0.1) is 16.8 Å². The molecule has 1 aliphatic rings. The van der Waals surface area contributed by atoms with Gasteiger partial charge in [-0.25, -0.2) is 0 Å². The van der Waals surface area contributed by atoms with E-state index in [0.717, 1.165) is 29.6 Å². The molecule has 1 fully saturated rings. The highest BCUT2D eigenvalue weighted by atomic mass is 32.2. The summed E-state index contributed by atoms with van der Waals surface area (Å²) in [6.07, 6.45) is 3.31. The van der Waals surface area contributed by atoms with Crippen LogP contribution in [0.3, 0.4) is 0 Å². The van der Waals surface area contributed by atoms with Crippen LogP contribution in [0.4, 0.5) is 0 Å². The van der Waals surface area contributed by atoms with E-state index in [1.54, 1.807) is 11.8 Å². The quantitative estimate of drug-likeness (QED) is 0.524. The van der Waals surface area contributed by atoms with E-state index in [0.29, 0.717) is 19.7 Å². The van der Waals surface area contributed by atoms with Crippen LogP contribution < -0.4 is 5.32 Å². The fraction of sp³-hybridized carbons (Fsp3) is 0.500. The zero-order chi connectivity index (χ0) is 20.9. The van der Waals surface area contributed by atoms with Crippen LogP contribution in [0.15, 0.2) is 42.1 Å². The number of hydrogen-bond donors (Lipinski definition) is 1. The molecule has 0 aliphatic carbocycles. The minimum atomic E-state index is -0.247. The number of amides is 1. The van der Waals surface area contributed by atoms with Gasteiger partial charge in [0.05, 0.1) is 12.1 Å². The van der Waals surface area contributed by atoms with Crippen molar-refractivity contribution in [2.24, 2.45) is 5.92 Å². The average Bonchev–Trinajstić information content (AvgIpc) is 3.06. The molecule has 1 aromatic heterocycles. The summed E-state index contributed by atoms with van der Waals surface area (Å²) in [5.41, 5.74) is 2.25. The number of ether oxygens (including phenoxy) is 1. The molecule has 1 atom stereocenters. The lowest BCUT2D eigenvalue weighted by Crippen LogP contribution is -2.41. The number of hydrogen-bond acceptors (Lipinski definition) is 5. The van der Waals surface area contributed by atoms with Crippen molar-refractivity contribution in [1.82, 2.24) is 20.1 Å². The third-order valence-electron chi connectivity index (χ3n) is 5.04. The van der Waals surface area contributed by atoms with Gasteiger partial charge in [0, 0.05) is 24.8 Å². The van der Waals surface area contributed by atoms with Gasteiger partial charge in [0.25, 0.3) is 0 Å². The molecule has 0 spiro atoms. The highest BCUT2D eigenvalue weighted by Crippen LogP contribution is 2.28. The molecule has 0 unspecified atom stereocenters. The molecule has 0 radical (unpaired) electrons. The Labute approximate surface area is 177 Å². The Bertz CT molecular complexity index is 862. The number of aryl methyl sites for hydroxylation is 1. The van der Waals surface area contributed by atoms with E-state index in [-0.39, 0.29) is 17.4 Å². The summed E-state index contributed by atoms with van der Waals surface area (Å²) in [5.74, 6) is 1.60. The Kier molecular flexibility index (Phi) is 7.14. The summed E-state index contributed by atoms with van der Waals surface area (Å²) in [5, 5.41) is 12.5. The fourth-order valence-corrected chi connectivity index (χ4v) is 4.49. The smallest absolute Gasteiger partial charge is 0.223 e. The van der Waals surface area contributed by atoms with Crippen molar-refractivity contribution < 1.29 is 9.53 Å². The van der Waals surface area contributed by atoms with Crippen molar-refractivity contribution in [2.75, 3.05) is 6.61 Å². The van der Waals surface area contributed by atoms with Gasteiger partial charge in [0.1, 0.15) is 0 Å². The van der Waals surface area contributed by atoms with Crippen molar-refractivity contribution in [1.29, 1.82) is 0 Å². The minimum Gasteiger partial charge on any atom is -0.376 e. The Hall–Kier alpha value is -2.12. The van der Waals surface area contributed by atoms with E-state index in [2.05, 4.69) is 53.3 Å². The first kappa shape index (κ1) is 21.6. The molecule has 1 N–H and O–H groups in total. The summed E-state index contributed by atoms with van der Waals surface area (Å²) >= 11 is 1.64. The van der Waals surface area contributed by atoms with Crippen molar-refractivity contribution in [3.8, 4) is 0 Å². The van der Waals surface area contributed by atoms with E-state index in [1.165, 1.54) is 11.1 Å². The maximum atomic E-state index is 12.6. The number of aromatic nitrogens is 3. The van der Waals surface area contributed by atoms with Crippen LogP contribution in [0.2, 0.25) is 0 Å². The SMILES string of the molecule is C=CCn1c(CNC(=O)[C@H]2CCOC(C)(C)C2)nnc1SCc1cccc(C)c1. The lowest BCUT2D eigenvalue weighted by Gasteiger charge is -2.34. The molecule has 1 aliphatic heterocycles. The Morgan fingerprint density at radius 1 is 1.45 bits per heavy atom. The van der Waals surface area contributed by atoms with Crippen molar-refractivity contribution in [3.63, 3.8) is 0 Å². The second-order valence-corrected chi connectivity index (χ2v) is 9.03. The molecular formula is C22H30N4O2S. The molecule has 2 heterocycles. The van der Waals surface area contributed by atoms with Crippen molar-refractivity contribution in [2.45, 2.75) is 63.2 Å². The number of nitrogens with zero attached hydrogens (tertiary/aromatic N) is 3. The summed E-state index contributed by atoms with van der Waals surface area (Å²) in [6.45, 7) is 11.6. The number of allylic oxidation sites excluding steroid dienone is 1.